The Morgan fingerprint density at radius 2 is 2.04 bits per heavy atom. The molecule has 130 valence electrons. The summed E-state index contributed by atoms with van der Waals surface area (Å²) >= 11 is 1.72. The Bertz CT molecular complexity index is 901. The summed E-state index contributed by atoms with van der Waals surface area (Å²) in [6.45, 7) is 7.16. The Kier molecular flexibility index (Phi) is 5.43. The number of hydrogen-bond acceptors (Lipinski definition) is 3. The van der Waals surface area contributed by atoms with Gasteiger partial charge in [-0.1, -0.05) is 25.1 Å². The van der Waals surface area contributed by atoms with Crippen LogP contribution in [-0.2, 0) is 17.9 Å². The predicted octanol–water partition coefficient (Wildman–Crippen LogP) is 4.08. The number of benzene rings is 1. The van der Waals surface area contributed by atoms with Crippen LogP contribution in [0.3, 0.4) is 0 Å². The number of aromatic nitrogens is 2. The minimum Gasteiger partial charge on any atom is -0.350 e. The Labute approximate surface area is 152 Å². The lowest BCUT2D eigenvalue weighted by atomic mass is 10.1. The lowest BCUT2D eigenvalue weighted by Crippen LogP contribution is -2.26. The molecule has 1 aromatic carbocycles. The van der Waals surface area contributed by atoms with Crippen LogP contribution in [0.2, 0.25) is 0 Å². The van der Waals surface area contributed by atoms with Crippen LogP contribution in [0.25, 0.3) is 10.9 Å². The van der Waals surface area contributed by atoms with Crippen LogP contribution in [0.15, 0.2) is 47.8 Å². The van der Waals surface area contributed by atoms with Gasteiger partial charge in [-0.2, -0.15) is 0 Å². The van der Waals surface area contributed by atoms with Gasteiger partial charge in [0.25, 0.3) is 0 Å². The molecule has 0 aliphatic carbocycles. The smallest absolute Gasteiger partial charge is 0.240 e. The highest BCUT2D eigenvalue weighted by atomic mass is 32.2. The van der Waals surface area contributed by atoms with Gasteiger partial charge in [-0.05, 0) is 48.4 Å². The molecule has 2 heterocycles. The van der Waals surface area contributed by atoms with Crippen molar-refractivity contribution in [3.05, 3.63) is 59.4 Å². The van der Waals surface area contributed by atoms with E-state index in [0.717, 1.165) is 27.2 Å². The van der Waals surface area contributed by atoms with Crippen LogP contribution >= 0.6 is 11.8 Å². The molecule has 4 nitrogen and oxygen atoms in total. The average molecular weight is 353 g/mol. The first-order valence-electron chi connectivity index (χ1n) is 8.48. The third-order valence-electron chi connectivity index (χ3n) is 4.32. The van der Waals surface area contributed by atoms with E-state index in [1.54, 1.807) is 11.8 Å². The number of amides is 1. The second kappa shape index (κ2) is 7.74. The Hall–Kier alpha value is -2.27. The molecular formula is C20H23N3OS. The topological polar surface area (TPSA) is 46.9 Å². The highest BCUT2D eigenvalue weighted by molar-refractivity contribution is 7.99. The van der Waals surface area contributed by atoms with Crippen molar-refractivity contribution in [2.75, 3.05) is 5.75 Å². The monoisotopic (exact) mass is 353 g/mol. The van der Waals surface area contributed by atoms with Gasteiger partial charge in [-0.3, -0.25) is 4.79 Å². The van der Waals surface area contributed by atoms with Gasteiger partial charge in [-0.25, -0.2) is 4.98 Å². The van der Waals surface area contributed by atoms with Crippen molar-refractivity contribution in [3.8, 4) is 0 Å². The molecule has 0 aliphatic rings. The number of aryl methyl sites for hydroxylation is 2. The van der Waals surface area contributed by atoms with Crippen molar-refractivity contribution in [2.45, 2.75) is 38.9 Å². The summed E-state index contributed by atoms with van der Waals surface area (Å²) < 4.78 is 1.98. The molecule has 0 aliphatic heterocycles. The number of carbonyl (C=O) groups is 1. The Balaban J connectivity index is 1.67. The van der Waals surface area contributed by atoms with E-state index in [1.165, 1.54) is 11.1 Å². The summed E-state index contributed by atoms with van der Waals surface area (Å²) in [5.74, 6) is 0.991. The van der Waals surface area contributed by atoms with Crippen molar-refractivity contribution < 1.29 is 4.79 Å². The van der Waals surface area contributed by atoms with Crippen LogP contribution in [0.1, 0.15) is 23.6 Å². The molecule has 3 rings (SSSR count). The van der Waals surface area contributed by atoms with Crippen molar-refractivity contribution in [2.24, 2.45) is 0 Å². The molecular weight excluding hydrogens is 330 g/mol. The zero-order chi connectivity index (χ0) is 17.8. The van der Waals surface area contributed by atoms with Crippen LogP contribution in [0.5, 0.6) is 0 Å². The third-order valence-corrected chi connectivity index (χ3v) is 5.20. The molecule has 0 radical (unpaired) electrons. The normalized spacial score (nSPS) is 11.0. The molecule has 0 bridgehead atoms. The van der Waals surface area contributed by atoms with Crippen LogP contribution in [-0.4, -0.2) is 21.2 Å². The van der Waals surface area contributed by atoms with Gasteiger partial charge in [0.15, 0.2) is 0 Å². The highest BCUT2D eigenvalue weighted by Crippen LogP contribution is 2.26. The number of nitrogens with one attached hydrogen (secondary N) is 1. The van der Waals surface area contributed by atoms with Crippen LogP contribution in [0.4, 0.5) is 0 Å². The molecule has 0 spiro atoms. The van der Waals surface area contributed by atoms with E-state index < -0.39 is 0 Å². The maximum absolute atomic E-state index is 12.3. The molecule has 0 unspecified atom stereocenters. The second-order valence-corrected chi connectivity index (χ2v) is 7.37. The molecule has 1 amide bonds. The summed E-state index contributed by atoms with van der Waals surface area (Å²) in [5.41, 5.74) is 4.69. The van der Waals surface area contributed by atoms with Gasteiger partial charge in [0.1, 0.15) is 11.6 Å². The first-order chi connectivity index (χ1) is 12.1. The minimum absolute atomic E-state index is 0.0113. The first kappa shape index (κ1) is 17.5. The van der Waals surface area contributed by atoms with E-state index in [2.05, 4.69) is 49.3 Å². The molecule has 3 aromatic rings. The number of pyridine rings is 1. The summed E-state index contributed by atoms with van der Waals surface area (Å²) in [7, 11) is 0. The predicted molar refractivity (Wildman–Crippen MR) is 104 cm³/mol. The zero-order valence-corrected chi connectivity index (χ0v) is 15.7. The Morgan fingerprint density at radius 3 is 2.80 bits per heavy atom. The van der Waals surface area contributed by atoms with Crippen molar-refractivity contribution in [3.63, 3.8) is 0 Å². The van der Waals surface area contributed by atoms with E-state index in [-0.39, 0.29) is 5.91 Å². The third kappa shape index (κ3) is 4.04. The maximum atomic E-state index is 12.3. The van der Waals surface area contributed by atoms with Crippen molar-refractivity contribution in [1.29, 1.82) is 0 Å². The fourth-order valence-electron chi connectivity index (χ4n) is 2.81. The largest absolute Gasteiger partial charge is 0.350 e. The second-order valence-electron chi connectivity index (χ2n) is 6.12. The molecule has 2 aromatic heterocycles. The number of hydrogen-bond donors (Lipinski definition) is 1. The number of fused-ring (bicyclic) bond motifs is 1. The zero-order valence-electron chi connectivity index (χ0n) is 14.9. The maximum Gasteiger partial charge on any atom is 0.240 e. The van der Waals surface area contributed by atoms with E-state index in [4.69, 9.17) is 0 Å². The molecule has 0 saturated carbocycles. The van der Waals surface area contributed by atoms with Gasteiger partial charge in [0, 0.05) is 24.3 Å². The average Bonchev–Trinajstić information content (AvgIpc) is 3.00. The van der Waals surface area contributed by atoms with Gasteiger partial charge >= 0.3 is 0 Å². The van der Waals surface area contributed by atoms with Gasteiger partial charge < -0.3 is 9.88 Å². The number of nitrogens with zero attached hydrogens (tertiary/aromatic N) is 2. The molecule has 5 heteroatoms. The van der Waals surface area contributed by atoms with E-state index in [9.17, 15) is 4.79 Å². The molecule has 1 N–H and O–H groups in total. The number of thioether (sulfide) groups is 1. The Morgan fingerprint density at radius 1 is 1.20 bits per heavy atom. The van der Waals surface area contributed by atoms with Crippen molar-refractivity contribution >= 4 is 28.6 Å². The fourth-order valence-corrected chi connectivity index (χ4v) is 3.55. The summed E-state index contributed by atoms with van der Waals surface area (Å²) in [5, 5.41) is 5.14. The fraction of sp³-hybridized carbons (Fsp3) is 0.300. The molecule has 0 saturated heterocycles. The number of carbonyl (C=O) groups excluding carboxylic acids is 1. The van der Waals surface area contributed by atoms with Crippen LogP contribution in [0, 0.1) is 13.8 Å². The first-order valence-corrected chi connectivity index (χ1v) is 9.46. The van der Waals surface area contributed by atoms with Crippen LogP contribution < -0.4 is 5.32 Å². The van der Waals surface area contributed by atoms with Gasteiger partial charge in [0.2, 0.25) is 5.91 Å². The molecule has 0 fully saturated rings. The lowest BCUT2D eigenvalue weighted by molar-refractivity contribution is -0.121. The van der Waals surface area contributed by atoms with E-state index in [1.807, 2.05) is 29.1 Å². The summed E-state index contributed by atoms with van der Waals surface area (Å²) in [4.78, 5) is 16.8. The summed E-state index contributed by atoms with van der Waals surface area (Å²) in [6, 6.07) is 10.3. The SMILES string of the molecule is CCSc1nccc2c1ccn2CC(=O)NCc1ccc(C)c(C)c1. The molecule has 25 heavy (non-hydrogen) atoms. The van der Waals surface area contributed by atoms with E-state index >= 15 is 0 Å². The van der Waals surface area contributed by atoms with Gasteiger partial charge in [-0.15, -0.1) is 11.8 Å². The minimum atomic E-state index is 0.0113. The number of rotatable bonds is 6. The standard InChI is InChI=1S/C20H23N3OS/c1-4-25-20-17-8-10-23(18(17)7-9-21-20)13-19(24)22-12-16-6-5-14(2)15(3)11-16/h5-11H,4,12-13H2,1-3H3,(H,22,24). The lowest BCUT2D eigenvalue weighted by Gasteiger charge is -2.09. The van der Waals surface area contributed by atoms with Gasteiger partial charge in [0.05, 0.1) is 5.52 Å². The quantitative estimate of drug-likeness (QED) is 0.679. The highest BCUT2D eigenvalue weighted by Gasteiger charge is 2.10. The van der Waals surface area contributed by atoms with Crippen molar-refractivity contribution in [1.82, 2.24) is 14.9 Å². The van der Waals surface area contributed by atoms with E-state index in [0.29, 0.717) is 13.1 Å². The molecule has 0 atom stereocenters. The summed E-state index contributed by atoms with van der Waals surface area (Å²) in [6.07, 6.45) is 3.77.